The Morgan fingerprint density at radius 3 is 2.37 bits per heavy atom. The lowest BCUT2D eigenvalue weighted by Gasteiger charge is -2.30. The van der Waals surface area contributed by atoms with E-state index in [2.05, 4.69) is 21.2 Å². The molecular weight excluding hydrogens is 653 g/mol. The van der Waals surface area contributed by atoms with Crippen molar-refractivity contribution in [3.8, 4) is 0 Å². The Hall–Kier alpha value is -4.06. The van der Waals surface area contributed by atoms with Gasteiger partial charge in [0.25, 0.3) is 0 Å². The minimum Gasteiger partial charge on any atom is -0.324 e. The lowest BCUT2D eigenvalue weighted by atomic mass is 9.83. The van der Waals surface area contributed by atoms with Crippen molar-refractivity contribution in [2.45, 2.75) is 22.7 Å². The average molecular weight is 675 g/mol. The molecule has 11 heteroatoms. The molecule has 7 nitrogen and oxygen atoms in total. The first-order valence-electron chi connectivity index (χ1n) is 13.4. The van der Waals surface area contributed by atoms with E-state index < -0.39 is 34.7 Å². The van der Waals surface area contributed by atoms with Crippen LogP contribution in [0.1, 0.15) is 16.4 Å². The monoisotopic (exact) mass is 673 g/mol. The van der Waals surface area contributed by atoms with Gasteiger partial charge in [0.1, 0.15) is 17.6 Å². The summed E-state index contributed by atoms with van der Waals surface area (Å²) in [5, 5.41) is 4.45. The quantitative estimate of drug-likeness (QED) is 0.218. The molecule has 0 aliphatic carbocycles. The summed E-state index contributed by atoms with van der Waals surface area (Å²) >= 11 is 5.58. The highest BCUT2D eigenvalue weighted by molar-refractivity contribution is 9.10. The van der Waals surface area contributed by atoms with Gasteiger partial charge in [-0.25, -0.2) is 9.29 Å². The number of anilines is 2. The highest BCUT2D eigenvalue weighted by atomic mass is 79.9. The third-order valence-corrected chi connectivity index (χ3v) is 10.9. The second-order valence-corrected chi connectivity index (χ2v) is 13.3. The molecule has 0 bridgehead atoms. The second kappa shape index (κ2) is 10.9. The number of hydrogen-bond acceptors (Lipinski definition) is 6. The molecule has 3 amide bonds. The Balaban J connectivity index is 1.28. The predicted octanol–water partition coefficient (Wildman–Crippen LogP) is 6.40. The second-order valence-electron chi connectivity index (χ2n) is 10.3. The number of amides is 3. The lowest BCUT2D eigenvalue weighted by molar-refractivity contribution is -0.122. The van der Waals surface area contributed by atoms with E-state index in [1.165, 1.54) is 28.8 Å². The first-order valence-corrected chi connectivity index (χ1v) is 15.9. The fourth-order valence-electron chi connectivity index (χ4n) is 5.80. The van der Waals surface area contributed by atoms with E-state index in [1.54, 1.807) is 0 Å². The zero-order valence-electron chi connectivity index (χ0n) is 22.2. The van der Waals surface area contributed by atoms with E-state index in [0.717, 1.165) is 48.8 Å². The van der Waals surface area contributed by atoms with Gasteiger partial charge < -0.3 is 5.32 Å². The van der Waals surface area contributed by atoms with Gasteiger partial charge in [0.15, 0.2) is 0 Å². The van der Waals surface area contributed by atoms with Crippen molar-refractivity contribution < 1.29 is 18.8 Å². The van der Waals surface area contributed by atoms with Gasteiger partial charge >= 0.3 is 4.87 Å². The molecule has 1 fully saturated rings. The molecule has 0 saturated carbocycles. The van der Waals surface area contributed by atoms with Crippen LogP contribution in [0.4, 0.5) is 15.8 Å². The maximum Gasteiger partial charge on any atom is 0.308 e. The molecule has 1 saturated heterocycles. The van der Waals surface area contributed by atoms with Crippen LogP contribution < -0.4 is 15.1 Å². The molecule has 7 rings (SSSR count). The Bertz CT molecular complexity index is 1990. The van der Waals surface area contributed by atoms with E-state index in [-0.39, 0.29) is 23.0 Å². The van der Waals surface area contributed by atoms with Crippen molar-refractivity contribution in [2.75, 3.05) is 10.2 Å². The first-order chi connectivity index (χ1) is 20.8. The molecule has 3 heterocycles. The Kier molecular flexibility index (Phi) is 7.03. The summed E-state index contributed by atoms with van der Waals surface area (Å²) < 4.78 is 15.9. The first kappa shape index (κ1) is 27.8. The van der Waals surface area contributed by atoms with Crippen LogP contribution >= 0.6 is 39.0 Å². The van der Waals surface area contributed by atoms with Gasteiger partial charge in [0, 0.05) is 26.3 Å². The Morgan fingerprint density at radius 2 is 1.60 bits per heavy atom. The molecule has 1 aromatic heterocycles. The summed E-state index contributed by atoms with van der Waals surface area (Å²) in [4.78, 5) is 55.8. The van der Waals surface area contributed by atoms with Crippen LogP contribution in [-0.2, 0) is 20.9 Å². The number of carbonyl (C=O) groups excluding carboxylic acids is 3. The lowest BCUT2D eigenvalue weighted by Crippen LogP contribution is -2.33. The maximum absolute atomic E-state index is 13.9. The number of fused-ring (bicyclic) bond motifs is 3. The maximum atomic E-state index is 13.9. The zero-order valence-corrected chi connectivity index (χ0v) is 25.4. The third kappa shape index (κ3) is 4.81. The standard InChI is InChI=1S/C32H21BrFN3O4S2/c33-19-10-8-18(9-11-19)25-26-27(30(40)37(29(26)39)21-14-12-20(34)13-15-21)42-31-28(25)43-32(41)36(31)16-24(38)35-23-7-3-5-17-4-1-2-6-22(17)23/h1-15,25-27H,16H2,(H,35,38). The smallest absolute Gasteiger partial charge is 0.308 e. The van der Waals surface area contributed by atoms with Gasteiger partial charge in [-0.1, -0.05) is 87.6 Å². The molecule has 3 unspecified atom stereocenters. The fourth-order valence-corrected chi connectivity index (χ4v) is 8.83. The summed E-state index contributed by atoms with van der Waals surface area (Å²) in [5.41, 5.74) is 1.69. The Labute approximate surface area is 261 Å². The van der Waals surface area contributed by atoms with Crippen LogP contribution in [-0.4, -0.2) is 27.5 Å². The number of hydrogen-bond donors (Lipinski definition) is 1. The molecule has 2 aliphatic heterocycles. The summed E-state index contributed by atoms with van der Waals surface area (Å²) in [7, 11) is 0. The molecule has 3 atom stereocenters. The van der Waals surface area contributed by atoms with Crippen LogP contribution in [0.25, 0.3) is 10.8 Å². The van der Waals surface area contributed by atoms with Crippen LogP contribution in [0.3, 0.4) is 0 Å². The van der Waals surface area contributed by atoms with Crippen molar-refractivity contribution in [3.05, 3.63) is 121 Å². The number of nitrogens with one attached hydrogen (secondary N) is 1. The number of carbonyl (C=O) groups is 3. The molecule has 2 aliphatic rings. The number of halogens is 2. The van der Waals surface area contributed by atoms with Crippen molar-refractivity contribution >= 4 is 78.9 Å². The summed E-state index contributed by atoms with van der Waals surface area (Å²) in [6, 6.07) is 26.0. The molecule has 214 valence electrons. The van der Waals surface area contributed by atoms with Gasteiger partial charge in [-0.2, -0.15) is 0 Å². The number of thiazole rings is 1. The van der Waals surface area contributed by atoms with Crippen LogP contribution in [0.15, 0.2) is 105 Å². The van der Waals surface area contributed by atoms with Crippen molar-refractivity contribution in [1.82, 2.24) is 4.57 Å². The minimum absolute atomic E-state index is 0.255. The highest BCUT2D eigenvalue weighted by Crippen LogP contribution is 2.54. The van der Waals surface area contributed by atoms with Crippen molar-refractivity contribution in [2.24, 2.45) is 5.92 Å². The van der Waals surface area contributed by atoms with Gasteiger partial charge in [-0.3, -0.25) is 23.7 Å². The third-order valence-electron chi connectivity index (χ3n) is 7.73. The predicted molar refractivity (Wildman–Crippen MR) is 169 cm³/mol. The normalized spacial score (nSPS) is 19.4. The Morgan fingerprint density at radius 1 is 0.884 bits per heavy atom. The molecule has 0 radical (unpaired) electrons. The van der Waals surface area contributed by atoms with Gasteiger partial charge in [-0.15, -0.1) is 0 Å². The summed E-state index contributed by atoms with van der Waals surface area (Å²) in [6.45, 7) is -0.255. The molecule has 1 N–H and O–H groups in total. The van der Waals surface area contributed by atoms with E-state index in [4.69, 9.17) is 0 Å². The van der Waals surface area contributed by atoms with Gasteiger partial charge in [0.2, 0.25) is 17.7 Å². The van der Waals surface area contributed by atoms with E-state index >= 15 is 0 Å². The number of nitrogens with zero attached hydrogens (tertiary/aromatic N) is 2. The summed E-state index contributed by atoms with van der Waals surface area (Å²) in [6.07, 6.45) is 0. The van der Waals surface area contributed by atoms with Gasteiger partial charge in [0.05, 0.1) is 16.6 Å². The van der Waals surface area contributed by atoms with Crippen LogP contribution in [0.2, 0.25) is 0 Å². The number of aromatic nitrogens is 1. The summed E-state index contributed by atoms with van der Waals surface area (Å²) in [5.74, 6) is -3.08. The fraction of sp³-hybridized carbons (Fsp3) is 0.125. The molecule has 4 aromatic carbocycles. The molecule has 0 spiro atoms. The number of benzene rings is 4. The highest BCUT2D eigenvalue weighted by Gasteiger charge is 2.56. The largest absolute Gasteiger partial charge is 0.324 e. The number of imide groups is 1. The van der Waals surface area contributed by atoms with E-state index in [9.17, 15) is 23.6 Å². The SMILES string of the molecule is O=C(Cn1c2c(sc1=O)C(c1ccc(Br)cc1)C1C(=O)N(c3ccc(F)cc3)C(=O)C1S2)Nc1cccc2ccccc12. The molecule has 5 aromatic rings. The van der Waals surface area contributed by atoms with Crippen molar-refractivity contribution in [1.29, 1.82) is 0 Å². The van der Waals surface area contributed by atoms with Crippen LogP contribution in [0, 0.1) is 11.7 Å². The van der Waals surface area contributed by atoms with Crippen molar-refractivity contribution in [3.63, 3.8) is 0 Å². The number of rotatable bonds is 5. The minimum atomic E-state index is -0.833. The number of thioether (sulfide) groups is 1. The molecular formula is C32H21BrFN3O4S2. The van der Waals surface area contributed by atoms with E-state index in [1.807, 2.05) is 66.7 Å². The topological polar surface area (TPSA) is 88.5 Å². The van der Waals surface area contributed by atoms with E-state index in [0.29, 0.717) is 15.6 Å². The average Bonchev–Trinajstić information content (AvgIpc) is 3.44. The molecule has 43 heavy (non-hydrogen) atoms. The zero-order chi connectivity index (χ0) is 29.8. The van der Waals surface area contributed by atoms with Gasteiger partial charge in [-0.05, 0) is 53.4 Å². The van der Waals surface area contributed by atoms with Crippen LogP contribution in [0.5, 0.6) is 0 Å².